The predicted octanol–water partition coefficient (Wildman–Crippen LogP) is -0.946. The Morgan fingerprint density at radius 3 is 1.25 bits per heavy atom. The highest BCUT2D eigenvalue weighted by Gasteiger charge is 2.49. The fraction of sp³-hybridized carbons (Fsp3) is 0.667. The van der Waals surface area contributed by atoms with Crippen molar-refractivity contribution in [2.75, 3.05) is 0 Å². The maximum atomic E-state index is 11.8. The Morgan fingerprint density at radius 2 is 0.972 bits per heavy atom. The quantitative estimate of drug-likeness (QED) is 0.158. The molecular weight excluding hydrogens is 532 g/mol. The van der Waals surface area contributed by atoms with Gasteiger partial charge in [-0.15, -0.1) is 10.1 Å². The van der Waals surface area contributed by atoms with Gasteiger partial charge in [-0.05, 0) is 12.8 Å². The molecule has 202 valence electrons. The summed E-state index contributed by atoms with van der Waals surface area (Å²) in [5.74, 6) is -6.68. The minimum atomic E-state index is -4.81. The van der Waals surface area contributed by atoms with Crippen LogP contribution < -0.4 is 0 Å². The highest BCUT2D eigenvalue weighted by molar-refractivity contribution is 7.87. The molecule has 2 N–H and O–H groups in total. The number of hydroxylamine groups is 4. The Morgan fingerprint density at radius 1 is 0.667 bits per heavy atom. The Labute approximate surface area is 205 Å². The summed E-state index contributed by atoms with van der Waals surface area (Å²) in [6, 6.07) is 0. The van der Waals surface area contributed by atoms with Crippen molar-refractivity contribution in [1.29, 1.82) is 0 Å². The van der Waals surface area contributed by atoms with E-state index in [9.17, 15) is 45.6 Å². The lowest BCUT2D eigenvalue weighted by Crippen LogP contribution is -2.36. The van der Waals surface area contributed by atoms with Crippen LogP contribution in [-0.2, 0) is 58.7 Å². The normalized spacial score (nSPS) is 20.8. The van der Waals surface area contributed by atoms with Crippen LogP contribution in [0.2, 0.25) is 0 Å². The molecule has 2 aliphatic heterocycles. The van der Waals surface area contributed by atoms with Crippen molar-refractivity contribution in [3.05, 3.63) is 0 Å². The average Bonchev–Trinajstić information content (AvgIpc) is 3.20. The van der Waals surface area contributed by atoms with E-state index in [1.807, 2.05) is 0 Å². The van der Waals surface area contributed by atoms with Crippen LogP contribution in [0.1, 0.15) is 64.2 Å². The fourth-order valence-electron chi connectivity index (χ4n) is 3.36. The lowest BCUT2D eigenvalue weighted by molar-refractivity contribution is -0.197. The van der Waals surface area contributed by atoms with Crippen LogP contribution in [0.4, 0.5) is 0 Å². The summed E-state index contributed by atoms with van der Waals surface area (Å²) in [5.41, 5.74) is 0. The second-order valence-electron chi connectivity index (χ2n) is 8.02. The molecule has 16 nitrogen and oxygen atoms in total. The molecule has 0 spiro atoms. The van der Waals surface area contributed by atoms with Crippen LogP contribution in [0.25, 0.3) is 0 Å². The summed E-state index contributed by atoms with van der Waals surface area (Å²) in [5, 5.41) is -3.93. The highest BCUT2D eigenvalue weighted by atomic mass is 32.2. The first-order chi connectivity index (χ1) is 16.6. The first kappa shape index (κ1) is 29.3. The highest BCUT2D eigenvalue weighted by Crippen LogP contribution is 2.21. The average molecular weight is 557 g/mol. The van der Waals surface area contributed by atoms with Gasteiger partial charge in [0.25, 0.3) is 43.9 Å². The number of carbonyl (C=O) groups is 6. The van der Waals surface area contributed by atoms with E-state index >= 15 is 0 Å². The van der Waals surface area contributed by atoms with Crippen molar-refractivity contribution in [1.82, 2.24) is 10.1 Å². The summed E-state index contributed by atoms with van der Waals surface area (Å²) in [4.78, 5) is 79.6. The molecule has 2 fully saturated rings. The van der Waals surface area contributed by atoms with Crippen molar-refractivity contribution < 1.29 is 64.4 Å². The zero-order chi connectivity index (χ0) is 27.3. The summed E-state index contributed by atoms with van der Waals surface area (Å²) >= 11 is 0. The molecular formula is C18H24N2O14S2. The number of imide groups is 2. The van der Waals surface area contributed by atoms with Crippen molar-refractivity contribution in [3.63, 3.8) is 0 Å². The third-order valence-corrected chi connectivity index (χ3v) is 7.42. The molecule has 4 amide bonds. The summed E-state index contributed by atoms with van der Waals surface area (Å²) in [6.45, 7) is 0. The standard InChI is InChI=1S/C18H24N2O14S2/c21-13-9-11(35(27,28)29)17(25)19(13)33-15(23)7-5-3-1-2-4-6-8-16(24)34-20-14(22)10-12(18(20)26)36(30,31)32/h11-12H,1-10H2,(H,27,28,29)(H,30,31,32). The number of rotatable bonds is 13. The Balaban J connectivity index is 1.57. The van der Waals surface area contributed by atoms with Crippen molar-refractivity contribution in [2.45, 2.75) is 74.7 Å². The molecule has 2 rings (SSSR count). The number of amides is 4. The van der Waals surface area contributed by atoms with Gasteiger partial charge in [0.2, 0.25) is 0 Å². The molecule has 0 aromatic heterocycles. The second kappa shape index (κ2) is 11.8. The first-order valence-corrected chi connectivity index (χ1v) is 13.7. The van der Waals surface area contributed by atoms with E-state index in [0.29, 0.717) is 38.5 Å². The fourth-order valence-corrected chi connectivity index (χ4v) is 4.77. The van der Waals surface area contributed by atoms with Crippen molar-refractivity contribution in [3.8, 4) is 0 Å². The molecule has 0 aliphatic carbocycles. The number of hydrogen-bond acceptors (Lipinski definition) is 12. The molecule has 2 unspecified atom stereocenters. The zero-order valence-electron chi connectivity index (χ0n) is 18.7. The molecule has 2 saturated heterocycles. The van der Waals surface area contributed by atoms with Gasteiger partial charge in [0.15, 0.2) is 10.5 Å². The van der Waals surface area contributed by atoms with Crippen LogP contribution in [0.5, 0.6) is 0 Å². The van der Waals surface area contributed by atoms with Gasteiger partial charge in [0, 0.05) is 12.8 Å². The van der Waals surface area contributed by atoms with Crippen LogP contribution in [0.15, 0.2) is 0 Å². The van der Waals surface area contributed by atoms with E-state index in [1.165, 1.54) is 0 Å². The molecule has 0 aromatic carbocycles. The van der Waals surface area contributed by atoms with Crippen LogP contribution in [-0.4, -0.2) is 82.1 Å². The molecule has 2 heterocycles. The SMILES string of the molecule is O=C(CCCCCCCCC(=O)ON1C(=O)CC(S(=O)(=O)O)C1=O)ON1C(=O)CC(S(=O)(=O)O)C1=O. The molecule has 0 bridgehead atoms. The smallest absolute Gasteiger partial charge is 0.330 e. The lowest BCUT2D eigenvalue weighted by atomic mass is 10.1. The van der Waals surface area contributed by atoms with Gasteiger partial charge in [0.1, 0.15) is 0 Å². The molecule has 2 atom stereocenters. The van der Waals surface area contributed by atoms with Crippen LogP contribution in [0.3, 0.4) is 0 Å². The number of hydrogen-bond donors (Lipinski definition) is 2. The monoisotopic (exact) mass is 556 g/mol. The van der Waals surface area contributed by atoms with Crippen molar-refractivity contribution >= 4 is 55.8 Å². The molecule has 2 aliphatic rings. The molecule has 0 saturated carbocycles. The number of unbranched alkanes of at least 4 members (excludes halogenated alkanes) is 5. The lowest BCUT2D eigenvalue weighted by Gasteiger charge is -2.13. The van der Waals surface area contributed by atoms with Gasteiger partial charge < -0.3 is 9.68 Å². The van der Waals surface area contributed by atoms with Gasteiger partial charge in [0.05, 0.1) is 12.8 Å². The minimum absolute atomic E-state index is 0.0337. The van der Waals surface area contributed by atoms with E-state index in [-0.39, 0.29) is 23.0 Å². The minimum Gasteiger partial charge on any atom is -0.330 e. The third-order valence-electron chi connectivity index (χ3n) is 5.24. The van der Waals surface area contributed by atoms with Crippen molar-refractivity contribution in [2.24, 2.45) is 0 Å². The van der Waals surface area contributed by atoms with Gasteiger partial charge in [-0.25, -0.2) is 9.59 Å². The van der Waals surface area contributed by atoms with Crippen LogP contribution >= 0.6 is 0 Å². The zero-order valence-corrected chi connectivity index (χ0v) is 20.4. The van der Waals surface area contributed by atoms with E-state index in [0.717, 1.165) is 0 Å². The molecule has 0 aromatic rings. The van der Waals surface area contributed by atoms with Gasteiger partial charge in [-0.1, -0.05) is 25.7 Å². The molecule has 18 heteroatoms. The Kier molecular flexibility index (Phi) is 9.64. The predicted molar refractivity (Wildman–Crippen MR) is 113 cm³/mol. The van der Waals surface area contributed by atoms with Gasteiger partial charge in [-0.2, -0.15) is 16.8 Å². The van der Waals surface area contributed by atoms with Gasteiger partial charge in [-0.3, -0.25) is 28.3 Å². The van der Waals surface area contributed by atoms with Gasteiger partial charge >= 0.3 is 11.9 Å². The number of nitrogens with zero attached hydrogens (tertiary/aromatic N) is 2. The van der Waals surface area contributed by atoms with E-state index < -0.39 is 79.1 Å². The maximum absolute atomic E-state index is 11.8. The van der Waals surface area contributed by atoms with E-state index in [2.05, 4.69) is 9.68 Å². The maximum Gasteiger partial charge on any atom is 0.333 e. The Hall–Kier alpha value is -2.96. The van der Waals surface area contributed by atoms with Crippen LogP contribution in [0, 0.1) is 0 Å². The Bertz CT molecular complexity index is 1060. The third kappa shape index (κ3) is 7.77. The summed E-state index contributed by atoms with van der Waals surface area (Å²) in [7, 11) is -9.61. The summed E-state index contributed by atoms with van der Waals surface area (Å²) < 4.78 is 62.1. The van der Waals surface area contributed by atoms with E-state index in [4.69, 9.17) is 9.11 Å². The molecule has 0 radical (unpaired) electrons. The first-order valence-electron chi connectivity index (χ1n) is 10.7. The van der Waals surface area contributed by atoms with E-state index in [1.54, 1.807) is 0 Å². The topological polar surface area (TPSA) is 236 Å². The largest absolute Gasteiger partial charge is 0.333 e. The summed E-state index contributed by atoms with van der Waals surface area (Å²) in [6.07, 6.45) is 1.03. The second-order valence-corrected chi connectivity index (χ2v) is 11.2. The molecule has 36 heavy (non-hydrogen) atoms. The number of carbonyl (C=O) groups excluding carboxylic acids is 6.